The topological polar surface area (TPSA) is 35.5 Å². The zero-order valence-corrected chi connectivity index (χ0v) is 19.0. The van der Waals surface area contributed by atoms with Gasteiger partial charge in [0.05, 0.1) is 13.2 Å². The molecule has 5 rings (SSSR count). The molecular formula is C26H40O3. The molecule has 7 atom stereocenters. The summed E-state index contributed by atoms with van der Waals surface area (Å²) < 4.78 is 12.3. The fraction of sp³-hybridized carbons (Fsp3) is 0.885. The summed E-state index contributed by atoms with van der Waals surface area (Å²) in [6, 6.07) is 0. The number of rotatable bonds is 2. The summed E-state index contributed by atoms with van der Waals surface area (Å²) >= 11 is 0. The minimum Gasteiger partial charge on any atom is -0.348 e. The first-order valence-corrected chi connectivity index (χ1v) is 12.3. The molecule has 0 amide bonds. The van der Waals surface area contributed by atoms with Crippen LogP contribution in [0.3, 0.4) is 0 Å². The zero-order chi connectivity index (χ0) is 20.4. The molecule has 162 valence electrons. The smallest absolute Gasteiger partial charge is 0.169 e. The summed E-state index contributed by atoms with van der Waals surface area (Å²) in [5.74, 6) is 3.21. The Hall–Kier alpha value is -0.670. The molecule has 0 N–H and O–H groups in total. The Labute approximate surface area is 177 Å². The molecule has 0 spiro atoms. The van der Waals surface area contributed by atoms with E-state index in [0.717, 1.165) is 56.7 Å². The average Bonchev–Trinajstić information content (AvgIpc) is 3.26. The molecular weight excluding hydrogens is 360 g/mol. The second-order valence-electron chi connectivity index (χ2n) is 11.4. The highest BCUT2D eigenvalue weighted by Crippen LogP contribution is 2.67. The second-order valence-corrected chi connectivity index (χ2v) is 11.4. The van der Waals surface area contributed by atoms with Crippen LogP contribution in [-0.2, 0) is 14.3 Å². The van der Waals surface area contributed by atoms with Crippen molar-refractivity contribution in [2.75, 3.05) is 13.2 Å². The number of carbonyl (C=O) groups is 1. The van der Waals surface area contributed by atoms with Crippen LogP contribution in [0.15, 0.2) is 11.6 Å². The maximum absolute atomic E-state index is 12.7. The van der Waals surface area contributed by atoms with Crippen LogP contribution in [0.2, 0.25) is 0 Å². The SMILES string of the molecule is CCC1CC2=CC[C@H]3[C@@H]4CC[C@H](C5(C)OCCO5)[C@@]4(C)CC[C@@H]3[C@@]2(C)CCC1=O. The summed E-state index contributed by atoms with van der Waals surface area (Å²) in [5.41, 5.74) is 2.20. The maximum Gasteiger partial charge on any atom is 0.169 e. The van der Waals surface area contributed by atoms with Crippen molar-refractivity contribution in [2.45, 2.75) is 91.3 Å². The Morgan fingerprint density at radius 2 is 1.79 bits per heavy atom. The number of fused-ring (bicyclic) bond motifs is 5. The van der Waals surface area contributed by atoms with E-state index in [0.29, 0.717) is 17.1 Å². The predicted octanol–water partition coefficient (Wildman–Crippen LogP) is 5.92. The van der Waals surface area contributed by atoms with E-state index in [1.54, 1.807) is 5.57 Å². The van der Waals surface area contributed by atoms with Gasteiger partial charge in [-0.1, -0.05) is 32.4 Å². The molecule has 1 heterocycles. The largest absolute Gasteiger partial charge is 0.348 e. The van der Waals surface area contributed by atoms with Gasteiger partial charge in [-0.15, -0.1) is 0 Å². The second kappa shape index (κ2) is 6.92. The Morgan fingerprint density at radius 3 is 2.52 bits per heavy atom. The summed E-state index contributed by atoms with van der Waals surface area (Å²) in [6.45, 7) is 10.9. The highest BCUT2D eigenvalue weighted by Gasteiger charge is 2.62. The number of hydrogen-bond donors (Lipinski definition) is 0. The van der Waals surface area contributed by atoms with Crippen molar-refractivity contribution in [3.8, 4) is 0 Å². The van der Waals surface area contributed by atoms with Crippen LogP contribution in [0.1, 0.15) is 85.5 Å². The molecule has 1 aliphatic heterocycles. The molecule has 0 radical (unpaired) electrons. The first kappa shape index (κ1) is 20.2. The summed E-state index contributed by atoms with van der Waals surface area (Å²) in [6.07, 6.45) is 12.9. The molecule has 0 bridgehead atoms. The molecule has 0 aromatic carbocycles. The Balaban J connectivity index is 1.44. The molecule has 0 aromatic rings. The highest BCUT2D eigenvalue weighted by molar-refractivity contribution is 5.82. The minimum atomic E-state index is -0.376. The van der Waals surface area contributed by atoms with Crippen molar-refractivity contribution in [1.82, 2.24) is 0 Å². The van der Waals surface area contributed by atoms with Gasteiger partial charge in [-0.05, 0) is 86.9 Å². The fourth-order valence-electron chi connectivity index (χ4n) is 8.75. The van der Waals surface area contributed by atoms with Crippen molar-refractivity contribution in [3.05, 3.63) is 11.6 Å². The van der Waals surface area contributed by atoms with Gasteiger partial charge >= 0.3 is 0 Å². The number of Topliss-reactive ketones (excluding diaryl/α,β-unsaturated/α-hetero) is 1. The average molecular weight is 401 g/mol. The van der Waals surface area contributed by atoms with E-state index >= 15 is 0 Å². The van der Waals surface area contributed by atoms with Crippen molar-refractivity contribution < 1.29 is 14.3 Å². The number of hydrogen-bond acceptors (Lipinski definition) is 3. The van der Waals surface area contributed by atoms with E-state index in [1.807, 2.05) is 0 Å². The minimum absolute atomic E-state index is 0.242. The number of carbonyl (C=O) groups excluding carboxylic acids is 1. The van der Waals surface area contributed by atoms with Gasteiger partial charge in [0.2, 0.25) is 0 Å². The number of ether oxygens (including phenoxy) is 2. The van der Waals surface area contributed by atoms with Crippen LogP contribution < -0.4 is 0 Å². The summed E-state index contributed by atoms with van der Waals surface area (Å²) in [7, 11) is 0. The first-order valence-electron chi connectivity index (χ1n) is 12.3. The quantitative estimate of drug-likeness (QED) is 0.539. The molecule has 3 nitrogen and oxygen atoms in total. The molecule has 5 aliphatic rings. The third-order valence-electron chi connectivity index (χ3n) is 10.4. The van der Waals surface area contributed by atoms with Crippen LogP contribution in [0.25, 0.3) is 0 Å². The summed E-state index contributed by atoms with van der Waals surface area (Å²) in [4.78, 5) is 12.7. The molecule has 29 heavy (non-hydrogen) atoms. The molecule has 3 saturated carbocycles. The van der Waals surface area contributed by atoms with E-state index in [9.17, 15) is 4.79 Å². The van der Waals surface area contributed by atoms with E-state index in [-0.39, 0.29) is 17.1 Å². The van der Waals surface area contributed by atoms with Crippen LogP contribution >= 0.6 is 0 Å². The maximum atomic E-state index is 12.7. The number of ketones is 1. The van der Waals surface area contributed by atoms with Gasteiger partial charge in [0.1, 0.15) is 5.78 Å². The fourth-order valence-corrected chi connectivity index (χ4v) is 8.75. The molecule has 4 aliphatic carbocycles. The van der Waals surface area contributed by atoms with Crippen molar-refractivity contribution in [3.63, 3.8) is 0 Å². The van der Waals surface area contributed by atoms with E-state index in [4.69, 9.17) is 9.47 Å². The predicted molar refractivity (Wildman–Crippen MR) is 114 cm³/mol. The first-order chi connectivity index (χ1) is 13.8. The Kier molecular flexibility index (Phi) is 4.83. The third-order valence-corrected chi connectivity index (χ3v) is 10.4. The molecule has 0 aromatic heterocycles. The van der Waals surface area contributed by atoms with Gasteiger partial charge in [0.15, 0.2) is 5.79 Å². The van der Waals surface area contributed by atoms with E-state index in [1.165, 1.54) is 32.1 Å². The molecule has 1 saturated heterocycles. The van der Waals surface area contributed by atoms with Crippen LogP contribution in [0.5, 0.6) is 0 Å². The van der Waals surface area contributed by atoms with Crippen LogP contribution in [0.4, 0.5) is 0 Å². The summed E-state index contributed by atoms with van der Waals surface area (Å²) in [5, 5.41) is 0. The number of allylic oxidation sites excluding steroid dienone is 2. The van der Waals surface area contributed by atoms with Gasteiger partial charge in [-0.2, -0.15) is 0 Å². The van der Waals surface area contributed by atoms with Gasteiger partial charge in [0, 0.05) is 18.3 Å². The zero-order valence-electron chi connectivity index (χ0n) is 19.0. The lowest BCUT2D eigenvalue weighted by molar-refractivity contribution is -0.214. The van der Waals surface area contributed by atoms with Gasteiger partial charge in [-0.3, -0.25) is 4.79 Å². The van der Waals surface area contributed by atoms with Crippen LogP contribution in [0, 0.1) is 40.4 Å². The van der Waals surface area contributed by atoms with Gasteiger partial charge in [0.25, 0.3) is 0 Å². The van der Waals surface area contributed by atoms with Crippen LogP contribution in [-0.4, -0.2) is 24.8 Å². The standard InChI is InChI=1S/C26H40O3/c1-5-17-16-18-6-7-19-20-8-9-23(26(4)28-14-15-29-26)25(20,3)12-10-21(19)24(18,2)13-11-22(17)27/h6,17,19-21,23H,5,7-16H2,1-4H3/t17?,19-,20-,21-,23-,24-,25-/m0/s1. The van der Waals surface area contributed by atoms with Gasteiger partial charge < -0.3 is 9.47 Å². The normalized spacial score (nSPS) is 49.0. The lowest BCUT2D eigenvalue weighted by Gasteiger charge is -2.57. The van der Waals surface area contributed by atoms with Crippen molar-refractivity contribution in [1.29, 1.82) is 0 Å². The van der Waals surface area contributed by atoms with Gasteiger partial charge in [-0.25, -0.2) is 0 Å². The Bertz CT molecular complexity index is 705. The van der Waals surface area contributed by atoms with Crippen molar-refractivity contribution in [2.24, 2.45) is 40.4 Å². The highest BCUT2D eigenvalue weighted by atomic mass is 16.7. The third kappa shape index (κ3) is 2.86. The lowest BCUT2D eigenvalue weighted by atomic mass is 9.48. The molecule has 4 fully saturated rings. The monoisotopic (exact) mass is 400 g/mol. The molecule has 1 unspecified atom stereocenters. The van der Waals surface area contributed by atoms with E-state index < -0.39 is 0 Å². The molecule has 3 heteroatoms. The Morgan fingerprint density at radius 1 is 1.03 bits per heavy atom. The van der Waals surface area contributed by atoms with Crippen molar-refractivity contribution >= 4 is 5.78 Å². The lowest BCUT2D eigenvalue weighted by Crippen LogP contribution is -2.52. The van der Waals surface area contributed by atoms with E-state index in [2.05, 4.69) is 33.8 Å².